The zero-order valence-electron chi connectivity index (χ0n) is 21.4. The standard InChI is InChI=1S/C28H30N6O4/c1-37-24-8-7-23(32-26(24)38-2)27(35)34-14-10-21(11-15-34)20-3-5-22(6-4-20)31-28(36)30-18-19-9-13-33-16-12-29-25(33)17-19/h3-9,12-13,16-17,21H,10-11,14-15,18H2,1-2H3,(H2,30,31,36). The quantitative estimate of drug-likeness (QED) is 0.385. The summed E-state index contributed by atoms with van der Waals surface area (Å²) in [5.41, 5.74) is 4.08. The van der Waals surface area contributed by atoms with Crippen molar-refractivity contribution in [3.05, 3.63) is 83.9 Å². The van der Waals surface area contributed by atoms with E-state index in [2.05, 4.69) is 20.6 Å². The number of aromatic nitrogens is 3. The van der Waals surface area contributed by atoms with Crippen LogP contribution in [0.4, 0.5) is 10.5 Å². The molecule has 1 aliphatic heterocycles. The first-order chi connectivity index (χ1) is 18.5. The van der Waals surface area contributed by atoms with Crippen LogP contribution in [-0.4, -0.2) is 58.5 Å². The molecule has 1 fully saturated rings. The molecule has 1 aromatic carbocycles. The Balaban J connectivity index is 1.11. The summed E-state index contributed by atoms with van der Waals surface area (Å²) < 4.78 is 12.4. The van der Waals surface area contributed by atoms with Crippen molar-refractivity contribution in [2.24, 2.45) is 0 Å². The largest absolute Gasteiger partial charge is 0.491 e. The minimum absolute atomic E-state index is 0.111. The number of methoxy groups -OCH3 is 2. The summed E-state index contributed by atoms with van der Waals surface area (Å²) in [6, 6.07) is 14.9. The molecule has 0 radical (unpaired) electrons. The third-order valence-corrected chi connectivity index (χ3v) is 6.80. The molecule has 0 spiro atoms. The van der Waals surface area contributed by atoms with Crippen molar-refractivity contribution >= 4 is 23.3 Å². The highest BCUT2D eigenvalue weighted by atomic mass is 16.5. The van der Waals surface area contributed by atoms with E-state index in [9.17, 15) is 9.59 Å². The SMILES string of the molecule is COc1ccc(C(=O)N2CCC(c3ccc(NC(=O)NCc4ccn5ccnc5c4)cc3)CC2)nc1OC. The van der Waals surface area contributed by atoms with Gasteiger partial charge in [0, 0.05) is 43.9 Å². The molecular weight excluding hydrogens is 484 g/mol. The van der Waals surface area contributed by atoms with Gasteiger partial charge in [0.2, 0.25) is 0 Å². The Morgan fingerprint density at radius 1 is 1.00 bits per heavy atom. The van der Waals surface area contributed by atoms with Crippen LogP contribution in [-0.2, 0) is 6.54 Å². The number of carbonyl (C=O) groups excluding carboxylic acids is 2. The molecule has 0 saturated carbocycles. The fraction of sp³-hybridized carbons (Fsp3) is 0.286. The number of amides is 3. The van der Waals surface area contributed by atoms with Crippen LogP contribution in [0.3, 0.4) is 0 Å². The molecule has 0 bridgehead atoms. The van der Waals surface area contributed by atoms with Crippen molar-refractivity contribution in [2.45, 2.75) is 25.3 Å². The maximum atomic E-state index is 13.0. The van der Waals surface area contributed by atoms with E-state index >= 15 is 0 Å². The number of benzene rings is 1. The van der Waals surface area contributed by atoms with Gasteiger partial charge < -0.3 is 29.4 Å². The average molecular weight is 515 g/mol. The Labute approximate surface area is 220 Å². The summed E-state index contributed by atoms with van der Waals surface area (Å²) in [5.74, 6) is 1.02. The average Bonchev–Trinajstić information content (AvgIpc) is 3.44. The normalized spacial score (nSPS) is 13.8. The van der Waals surface area contributed by atoms with Gasteiger partial charge >= 0.3 is 6.03 Å². The molecule has 0 aliphatic carbocycles. The zero-order valence-corrected chi connectivity index (χ0v) is 21.4. The number of hydrogen-bond donors (Lipinski definition) is 2. The predicted molar refractivity (Wildman–Crippen MR) is 143 cm³/mol. The lowest BCUT2D eigenvalue weighted by Gasteiger charge is -2.32. The maximum Gasteiger partial charge on any atom is 0.319 e. The molecule has 0 atom stereocenters. The highest BCUT2D eigenvalue weighted by molar-refractivity contribution is 5.92. The van der Waals surface area contributed by atoms with Crippen LogP contribution in [0.5, 0.6) is 11.6 Å². The van der Waals surface area contributed by atoms with E-state index in [4.69, 9.17) is 9.47 Å². The van der Waals surface area contributed by atoms with Crippen molar-refractivity contribution in [1.82, 2.24) is 24.6 Å². The monoisotopic (exact) mass is 514 g/mol. The van der Waals surface area contributed by atoms with Crippen LogP contribution in [0.25, 0.3) is 5.65 Å². The number of carbonyl (C=O) groups is 2. The van der Waals surface area contributed by atoms with Crippen LogP contribution in [0, 0.1) is 0 Å². The van der Waals surface area contributed by atoms with Gasteiger partial charge in [-0.05, 0) is 66.3 Å². The van der Waals surface area contributed by atoms with E-state index in [1.165, 1.54) is 19.8 Å². The summed E-state index contributed by atoms with van der Waals surface area (Å²) in [7, 11) is 3.04. The minimum Gasteiger partial charge on any atom is -0.491 e. The Hall–Kier alpha value is -4.60. The Kier molecular flexibility index (Phi) is 7.39. The number of rotatable bonds is 7. The molecule has 2 N–H and O–H groups in total. The van der Waals surface area contributed by atoms with Gasteiger partial charge in [-0.2, -0.15) is 0 Å². The molecular formula is C28H30N6O4. The van der Waals surface area contributed by atoms with E-state index in [-0.39, 0.29) is 11.9 Å². The van der Waals surface area contributed by atoms with E-state index in [1.807, 2.05) is 58.1 Å². The lowest BCUT2D eigenvalue weighted by atomic mass is 9.89. The number of fused-ring (bicyclic) bond motifs is 1. The second kappa shape index (κ2) is 11.2. The van der Waals surface area contributed by atoms with E-state index in [0.29, 0.717) is 42.9 Å². The predicted octanol–water partition coefficient (Wildman–Crippen LogP) is 4.09. The summed E-state index contributed by atoms with van der Waals surface area (Å²) in [4.78, 5) is 35.7. The van der Waals surface area contributed by atoms with Gasteiger partial charge in [0.1, 0.15) is 11.3 Å². The lowest BCUT2D eigenvalue weighted by Crippen LogP contribution is -2.38. The minimum atomic E-state index is -0.267. The highest BCUT2D eigenvalue weighted by Gasteiger charge is 2.26. The Morgan fingerprint density at radius 3 is 2.53 bits per heavy atom. The fourth-order valence-corrected chi connectivity index (χ4v) is 4.68. The molecule has 3 amide bonds. The molecule has 0 unspecified atom stereocenters. The summed E-state index contributed by atoms with van der Waals surface area (Å²) in [5, 5.41) is 5.76. The van der Waals surface area contributed by atoms with Crippen LogP contribution in [0.1, 0.15) is 40.4 Å². The Morgan fingerprint density at radius 2 is 1.79 bits per heavy atom. The van der Waals surface area contributed by atoms with Crippen molar-refractivity contribution < 1.29 is 19.1 Å². The highest BCUT2D eigenvalue weighted by Crippen LogP contribution is 2.30. The first kappa shape index (κ1) is 25.1. The van der Waals surface area contributed by atoms with Gasteiger partial charge in [-0.25, -0.2) is 14.8 Å². The summed E-state index contributed by atoms with van der Waals surface area (Å²) in [6.07, 6.45) is 7.25. The lowest BCUT2D eigenvalue weighted by molar-refractivity contribution is 0.0706. The van der Waals surface area contributed by atoms with Gasteiger partial charge in [-0.3, -0.25) is 4.79 Å². The van der Waals surface area contributed by atoms with Gasteiger partial charge in [0.15, 0.2) is 5.75 Å². The fourth-order valence-electron chi connectivity index (χ4n) is 4.68. The van der Waals surface area contributed by atoms with Crippen molar-refractivity contribution in [3.63, 3.8) is 0 Å². The number of urea groups is 1. The van der Waals surface area contributed by atoms with Crippen molar-refractivity contribution in [2.75, 3.05) is 32.6 Å². The molecule has 5 rings (SSSR count). The summed E-state index contributed by atoms with van der Waals surface area (Å²) >= 11 is 0. The van der Waals surface area contributed by atoms with Crippen molar-refractivity contribution in [3.8, 4) is 11.6 Å². The topological polar surface area (TPSA) is 110 Å². The van der Waals surface area contributed by atoms with Crippen LogP contribution in [0.15, 0.2) is 67.1 Å². The Bertz CT molecular complexity index is 1430. The molecule has 3 aromatic heterocycles. The van der Waals surface area contributed by atoms with Crippen LogP contribution in [0.2, 0.25) is 0 Å². The molecule has 38 heavy (non-hydrogen) atoms. The van der Waals surface area contributed by atoms with E-state index in [0.717, 1.165) is 29.7 Å². The maximum absolute atomic E-state index is 13.0. The number of nitrogens with zero attached hydrogens (tertiary/aromatic N) is 4. The number of ether oxygens (including phenoxy) is 2. The van der Waals surface area contributed by atoms with E-state index < -0.39 is 0 Å². The van der Waals surface area contributed by atoms with Gasteiger partial charge in [-0.15, -0.1) is 0 Å². The third-order valence-electron chi connectivity index (χ3n) is 6.80. The number of pyridine rings is 2. The zero-order chi connectivity index (χ0) is 26.5. The molecule has 196 valence electrons. The summed E-state index contributed by atoms with van der Waals surface area (Å²) in [6.45, 7) is 1.70. The van der Waals surface area contributed by atoms with Crippen LogP contribution < -0.4 is 20.1 Å². The molecule has 10 nitrogen and oxygen atoms in total. The first-order valence-corrected chi connectivity index (χ1v) is 12.5. The van der Waals surface area contributed by atoms with Crippen molar-refractivity contribution in [1.29, 1.82) is 0 Å². The van der Waals surface area contributed by atoms with Gasteiger partial charge in [0.05, 0.1) is 14.2 Å². The van der Waals surface area contributed by atoms with Gasteiger partial charge in [0.25, 0.3) is 11.8 Å². The smallest absolute Gasteiger partial charge is 0.319 e. The molecule has 1 saturated heterocycles. The van der Waals surface area contributed by atoms with Gasteiger partial charge in [-0.1, -0.05) is 12.1 Å². The third kappa shape index (κ3) is 5.54. The number of likely N-dealkylation sites (tertiary alicyclic amines) is 1. The number of imidazole rings is 1. The number of piperidine rings is 1. The first-order valence-electron chi connectivity index (χ1n) is 12.5. The van der Waals surface area contributed by atoms with E-state index in [1.54, 1.807) is 18.3 Å². The van der Waals surface area contributed by atoms with Crippen LogP contribution >= 0.6 is 0 Å². The molecule has 4 heterocycles. The molecule has 4 aromatic rings. The molecule has 1 aliphatic rings. The molecule has 10 heteroatoms. The number of nitrogens with one attached hydrogen (secondary N) is 2. The number of hydrogen-bond acceptors (Lipinski definition) is 6. The number of anilines is 1. The second-order valence-electron chi connectivity index (χ2n) is 9.13. The second-order valence-corrected chi connectivity index (χ2v) is 9.13.